The van der Waals surface area contributed by atoms with Crippen molar-refractivity contribution in [2.24, 2.45) is 5.73 Å². The van der Waals surface area contributed by atoms with Gasteiger partial charge in [-0.1, -0.05) is 12.1 Å². The summed E-state index contributed by atoms with van der Waals surface area (Å²) in [4.78, 5) is 0. The molecule has 1 aliphatic rings. The zero-order valence-corrected chi connectivity index (χ0v) is 9.79. The minimum absolute atomic E-state index is 0.0939. The molecule has 1 aliphatic carbocycles. The smallest absolute Gasteiger partial charge is 0.126 e. The fraction of sp³-hybridized carbons (Fsp3) is 0.538. The largest absolute Gasteiger partial charge is 0.396 e. The Labute approximate surface area is 100 Å². The number of benzene rings is 1. The third-order valence-corrected chi connectivity index (χ3v) is 3.40. The fourth-order valence-corrected chi connectivity index (χ4v) is 2.45. The number of aliphatic hydroxyl groups excluding tert-OH is 1. The molecule has 0 radical (unpaired) electrons. The topological polar surface area (TPSA) is 55.5 Å². The molecule has 0 saturated heterocycles. The van der Waals surface area contributed by atoms with Crippen LogP contribution in [0.25, 0.3) is 0 Å². The molecule has 0 fully saturated rings. The summed E-state index contributed by atoms with van der Waals surface area (Å²) in [7, 11) is 0. The van der Waals surface area contributed by atoms with Gasteiger partial charge in [0.25, 0.3) is 0 Å². The molecule has 0 amide bonds. The van der Waals surface area contributed by atoms with Gasteiger partial charge in [0, 0.05) is 13.2 Å². The van der Waals surface area contributed by atoms with E-state index < -0.39 is 5.60 Å². The van der Waals surface area contributed by atoms with Gasteiger partial charge in [0.2, 0.25) is 0 Å². The summed E-state index contributed by atoms with van der Waals surface area (Å²) >= 11 is 0. The van der Waals surface area contributed by atoms with Crippen molar-refractivity contribution >= 4 is 0 Å². The van der Waals surface area contributed by atoms with Gasteiger partial charge in [-0.3, -0.25) is 0 Å². The highest BCUT2D eigenvalue weighted by atomic mass is 19.1. The van der Waals surface area contributed by atoms with E-state index in [-0.39, 0.29) is 12.4 Å². The zero-order valence-electron chi connectivity index (χ0n) is 9.79. The maximum atomic E-state index is 13.6. The Morgan fingerprint density at radius 3 is 3.00 bits per heavy atom. The van der Waals surface area contributed by atoms with E-state index in [4.69, 9.17) is 15.6 Å². The Kier molecular flexibility index (Phi) is 3.76. The van der Waals surface area contributed by atoms with Crippen LogP contribution in [0.2, 0.25) is 0 Å². The van der Waals surface area contributed by atoms with E-state index >= 15 is 0 Å². The van der Waals surface area contributed by atoms with Crippen molar-refractivity contribution in [3.63, 3.8) is 0 Å². The predicted molar refractivity (Wildman–Crippen MR) is 63.1 cm³/mol. The van der Waals surface area contributed by atoms with Gasteiger partial charge in [-0.2, -0.15) is 0 Å². The number of halogens is 1. The summed E-state index contributed by atoms with van der Waals surface area (Å²) in [5, 5.41) is 8.76. The van der Waals surface area contributed by atoms with Crippen molar-refractivity contribution in [3.8, 4) is 0 Å². The molecule has 1 atom stereocenters. The Bertz CT molecular complexity index is 397. The maximum absolute atomic E-state index is 13.6. The number of rotatable bonds is 5. The molecular weight excluding hydrogens is 221 g/mol. The van der Waals surface area contributed by atoms with Crippen molar-refractivity contribution in [1.82, 2.24) is 0 Å². The first-order valence-corrected chi connectivity index (χ1v) is 5.96. The van der Waals surface area contributed by atoms with Crippen molar-refractivity contribution < 1.29 is 14.2 Å². The predicted octanol–water partition coefficient (Wildman–Crippen LogP) is 1.32. The first-order chi connectivity index (χ1) is 8.23. The van der Waals surface area contributed by atoms with Gasteiger partial charge in [0.05, 0.1) is 6.61 Å². The second kappa shape index (κ2) is 5.12. The van der Waals surface area contributed by atoms with E-state index in [2.05, 4.69) is 0 Å². The Balaban J connectivity index is 2.24. The second-order valence-electron chi connectivity index (χ2n) is 4.39. The van der Waals surface area contributed by atoms with E-state index in [0.717, 1.165) is 11.1 Å². The van der Waals surface area contributed by atoms with Crippen LogP contribution in [0.1, 0.15) is 24.0 Å². The molecule has 0 saturated carbocycles. The van der Waals surface area contributed by atoms with Gasteiger partial charge in [0.15, 0.2) is 0 Å². The SMILES string of the molecule is NCC1(OCCCO)CCc2c(F)cccc21. The van der Waals surface area contributed by atoms with Crippen LogP contribution in [-0.4, -0.2) is 24.9 Å². The number of fused-ring (bicyclic) bond motifs is 1. The maximum Gasteiger partial charge on any atom is 0.126 e. The van der Waals surface area contributed by atoms with Crippen LogP contribution in [0, 0.1) is 5.82 Å². The monoisotopic (exact) mass is 239 g/mol. The normalized spacial score (nSPS) is 22.8. The fourth-order valence-electron chi connectivity index (χ4n) is 2.45. The first kappa shape index (κ1) is 12.5. The van der Waals surface area contributed by atoms with Gasteiger partial charge < -0.3 is 15.6 Å². The lowest BCUT2D eigenvalue weighted by Gasteiger charge is -2.29. The zero-order chi connectivity index (χ0) is 12.3. The number of hydrogen-bond donors (Lipinski definition) is 2. The highest BCUT2D eigenvalue weighted by Crippen LogP contribution is 2.40. The van der Waals surface area contributed by atoms with E-state index in [1.54, 1.807) is 6.07 Å². The molecule has 1 aromatic rings. The molecule has 4 heteroatoms. The molecule has 3 nitrogen and oxygen atoms in total. The summed E-state index contributed by atoms with van der Waals surface area (Å²) < 4.78 is 19.4. The van der Waals surface area contributed by atoms with Gasteiger partial charge in [-0.05, 0) is 36.5 Å². The van der Waals surface area contributed by atoms with E-state index in [1.165, 1.54) is 6.07 Å². The molecule has 1 aromatic carbocycles. The number of aliphatic hydroxyl groups is 1. The van der Waals surface area contributed by atoms with Gasteiger partial charge in [-0.25, -0.2) is 4.39 Å². The Hall–Kier alpha value is -0.970. The van der Waals surface area contributed by atoms with Crippen molar-refractivity contribution in [2.75, 3.05) is 19.8 Å². The van der Waals surface area contributed by atoms with Crippen LogP contribution >= 0.6 is 0 Å². The number of ether oxygens (including phenoxy) is 1. The van der Waals surface area contributed by atoms with E-state index in [0.29, 0.717) is 32.4 Å². The summed E-state index contributed by atoms with van der Waals surface area (Å²) in [5.41, 5.74) is 6.84. The molecule has 0 aromatic heterocycles. The molecule has 2 rings (SSSR count). The molecule has 0 spiro atoms. The molecule has 1 unspecified atom stereocenters. The highest BCUT2D eigenvalue weighted by molar-refractivity contribution is 5.38. The average Bonchev–Trinajstić information content (AvgIpc) is 2.71. The molecular formula is C13H18FNO2. The quantitative estimate of drug-likeness (QED) is 0.762. The van der Waals surface area contributed by atoms with Crippen molar-refractivity contribution in [3.05, 3.63) is 35.1 Å². The summed E-state index contributed by atoms with van der Waals surface area (Å²) in [6.45, 7) is 0.884. The van der Waals surface area contributed by atoms with Crippen LogP contribution in [0.4, 0.5) is 4.39 Å². The Morgan fingerprint density at radius 2 is 2.29 bits per heavy atom. The van der Waals surface area contributed by atoms with Crippen LogP contribution in [0.3, 0.4) is 0 Å². The third kappa shape index (κ3) is 2.20. The minimum atomic E-state index is -0.563. The minimum Gasteiger partial charge on any atom is -0.396 e. The van der Waals surface area contributed by atoms with E-state index in [9.17, 15) is 4.39 Å². The Morgan fingerprint density at radius 1 is 1.47 bits per heavy atom. The van der Waals surface area contributed by atoms with Crippen LogP contribution in [-0.2, 0) is 16.8 Å². The molecule has 0 aliphatic heterocycles. The molecule has 3 N–H and O–H groups in total. The lowest BCUT2D eigenvalue weighted by atomic mass is 9.95. The summed E-state index contributed by atoms with van der Waals surface area (Å²) in [6.07, 6.45) is 1.95. The standard InChI is InChI=1S/C13H18FNO2/c14-12-4-1-3-11-10(12)5-6-13(11,9-15)17-8-2-7-16/h1,3-4,16H,2,5-9,15H2. The van der Waals surface area contributed by atoms with Crippen LogP contribution < -0.4 is 5.73 Å². The molecule has 94 valence electrons. The van der Waals surface area contributed by atoms with Gasteiger partial charge in [-0.15, -0.1) is 0 Å². The van der Waals surface area contributed by atoms with E-state index in [1.807, 2.05) is 6.07 Å². The second-order valence-corrected chi connectivity index (χ2v) is 4.39. The molecule has 0 bridgehead atoms. The van der Waals surface area contributed by atoms with Crippen LogP contribution in [0.15, 0.2) is 18.2 Å². The summed E-state index contributed by atoms with van der Waals surface area (Å²) in [5.74, 6) is -0.177. The molecule has 17 heavy (non-hydrogen) atoms. The third-order valence-electron chi connectivity index (χ3n) is 3.40. The van der Waals surface area contributed by atoms with Gasteiger partial charge >= 0.3 is 0 Å². The highest BCUT2D eigenvalue weighted by Gasteiger charge is 2.39. The number of hydrogen-bond acceptors (Lipinski definition) is 3. The van der Waals surface area contributed by atoms with Crippen molar-refractivity contribution in [1.29, 1.82) is 0 Å². The average molecular weight is 239 g/mol. The van der Waals surface area contributed by atoms with Crippen molar-refractivity contribution in [2.45, 2.75) is 24.9 Å². The lowest BCUT2D eigenvalue weighted by molar-refractivity contribution is -0.0467. The number of nitrogens with two attached hydrogens (primary N) is 1. The van der Waals surface area contributed by atoms with Gasteiger partial charge in [0.1, 0.15) is 11.4 Å². The lowest BCUT2D eigenvalue weighted by Crippen LogP contribution is -2.36. The molecule has 0 heterocycles. The summed E-state index contributed by atoms with van der Waals surface area (Å²) in [6, 6.07) is 5.05. The van der Waals surface area contributed by atoms with Crippen LogP contribution in [0.5, 0.6) is 0 Å². The first-order valence-electron chi connectivity index (χ1n) is 5.96.